The van der Waals surface area contributed by atoms with E-state index in [1.807, 2.05) is 0 Å². The van der Waals surface area contributed by atoms with Crippen LogP contribution in [0.2, 0.25) is 0 Å². The van der Waals surface area contributed by atoms with Crippen molar-refractivity contribution < 1.29 is 23.5 Å². The second-order valence-corrected chi connectivity index (χ2v) is 6.57. The third-order valence-electron chi connectivity index (χ3n) is 4.47. The maximum atomic E-state index is 12.9. The van der Waals surface area contributed by atoms with Gasteiger partial charge in [-0.15, -0.1) is 0 Å². The summed E-state index contributed by atoms with van der Waals surface area (Å²) in [6.07, 6.45) is -0.992. The van der Waals surface area contributed by atoms with Crippen molar-refractivity contribution in [3.05, 3.63) is 71.2 Å². The average molecular weight is 396 g/mol. The highest BCUT2D eigenvalue weighted by atomic mass is 19.1. The summed E-state index contributed by atoms with van der Waals surface area (Å²) in [6.45, 7) is 3.40. The number of fused-ring (bicyclic) bond motifs is 1. The molecule has 3 rings (SSSR count). The molecule has 1 atom stereocenters. The zero-order valence-electron chi connectivity index (χ0n) is 16.4. The summed E-state index contributed by atoms with van der Waals surface area (Å²) in [5.41, 5.74) is 2.22. The van der Waals surface area contributed by atoms with E-state index in [4.69, 9.17) is 9.47 Å². The van der Waals surface area contributed by atoms with Crippen molar-refractivity contribution in [2.45, 2.75) is 26.5 Å². The van der Waals surface area contributed by atoms with E-state index in [1.54, 1.807) is 50.4 Å². The Labute approximate surface area is 167 Å². The number of nitrogens with zero attached hydrogens (tertiary/aromatic N) is 1. The molecule has 1 amide bonds. The maximum Gasteiger partial charge on any atom is 0.340 e. The van der Waals surface area contributed by atoms with Gasteiger partial charge in [0, 0.05) is 18.0 Å². The van der Waals surface area contributed by atoms with Crippen LogP contribution in [0.1, 0.15) is 28.5 Å². The largest absolute Gasteiger partial charge is 0.497 e. The molecule has 0 aliphatic rings. The van der Waals surface area contributed by atoms with Gasteiger partial charge in [-0.25, -0.2) is 9.18 Å². The summed E-state index contributed by atoms with van der Waals surface area (Å²) in [4.78, 5) is 29.2. The number of aromatic nitrogens is 1. The quantitative estimate of drug-likeness (QED) is 0.645. The first-order valence-electron chi connectivity index (χ1n) is 9.06. The molecule has 1 aromatic heterocycles. The summed E-state index contributed by atoms with van der Waals surface area (Å²) < 4.78 is 23.4. The number of carbonyl (C=O) groups is 2. The van der Waals surface area contributed by atoms with Crippen molar-refractivity contribution in [2.75, 3.05) is 7.11 Å². The minimum absolute atomic E-state index is 0.208. The van der Waals surface area contributed by atoms with Crippen LogP contribution in [0.15, 0.2) is 48.5 Å². The molecule has 0 spiro atoms. The fourth-order valence-electron chi connectivity index (χ4n) is 2.79. The summed E-state index contributed by atoms with van der Waals surface area (Å²) in [5.74, 6) is -0.748. The van der Waals surface area contributed by atoms with Gasteiger partial charge in [0.1, 0.15) is 11.6 Å². The van der Waals surface area contributed by atoms with Crippen molar-refractivity contribution in [3.8, 4) is 5.75 Å². The van der Waals surface area contributed by atoms with Gasteiger partial charge in [-0.3, -0.25) is 9.78 Å². The summed E-state index contributed by atoms with van der Waals surface area (Å²) in [6, 6.07) is 12.8. The highest BCUT2D eigenvalue weighted by molar-refractivity contribution is 5.96. The molecule has 1 unspecified atom stereocenters. The Morgan fingerprint density at radius 2 is 1.86 bits per heavy atom. The van der Waals surface area contributed by atoms with Crippen molar-refractivity contribution in [1.82, 2.24) is 10.3 Å². The van der Waals surface area contributed by atoms with E-state index in [1.165, 1.54) is 19.1 Å². The van der Waals surface area contributed by atoms with E-state index in [0.717, 1.165) is 10.9 Å². The van der Waals surface area contributed by atoms with Crippen molar-refractivity contribution in [1.29, 1.82) is 0 Å². The molecule has 0 radical (unpaired) electrons. The molecular weight excluding hydrogens is 375 g/mol. The normalized spacial score (nSPS) is 11.7. The highest BCUT2D eigenvalue weighted by Crippen LogP contribution is 2.22. The number of hydrogen-bond donors (Lipinski definition) is 1. The second-order valence-electron chi connectivity index (χ2n) is 6.57. The van der Waals surface area contributed by atoms with E-state index >= 15 is 0 Å². The van der Waals surface area contributed by atoms with Gasteiger partial charge >= 0.3 is 5.97 Å². The smallest absolute Gasteiger partial charge is 0.340 e. The maximum absolute atomic E-state index is 12.9. The Balaban J connectivity index is 1.66. The minimum atomic E-state index is -0.992. The number of ether oxygens (including phenoxy) is 2. The first kappa shape index (κ1) is 20.3. The average Bonchev–Trinajstić information content (AvgIpc) is 2.71. The van der Waals surface area contributed by atoms with Crippen LogP contribution in [0, 0.1) is 12.7 Å². The highest BCUT2D eigenvalue weighted by Gasteiger charge is 2.21. The lowest BCUT2D eigenvalue weighted by molar-refractivity contribution is -0.129. The number of amides is 1. The van der Waals surface area contributed by atoms with Crippen molar-refractivity contribution in [3.63, 3.8) is 0 Å². The van der Waals surface area contributed by atoms with Gasteiger partial charge in [0.25, 0.3) is 5.91 Å². The molecule has 0 aliphatic heterocycles. The molecule has 7 heteroatoms. The Morgan fingerprint density at radius 3 is 2.55 bits per heavy atom. The predicted octanol–water partition coefficient (Wildman–Crippen LogP) is 3.55. The zero-order valence-corrected chi connectivity index (χ0v) is 16.4. The fraction of sp³-hybridized carbons (Fsp3) is 0.227. The number of rotatable bonds is 6. The molecule has 1 N–H and O–H groups in total. The molecule has 0 saturated heterocycles. The van der Waals surface area contributed by atoms with Crippen LogP contribution < -0.4 is 10.1 Å². The van der Waals surface area contributed by atoms with Crippen molar-refractivity contribution in [2.24, 2.45) is 0 Å². The molecule has 0 aliphatic carbocycles. The van der Waals surface area contributed by atoms with Gasteiger partial charge in [-0.2, -0.15) is 0 Å². The summed E-state index contributed by atoms with van der Waals surface area (Å²) >= 11 is 0. The number of nitrogens with one attached hydrogen (secondary N) is 1. The minimum Gasteiger partial charge on any atom is -0.497 e. The summed E-state index contributed by atoms with van der Waals surface area (Å²) in [7, 11) is 1.57. The Morgan fingerprint density at radius 1 is 1.14 bits per heavy atom. The number of halogens is 1. The molecule has 0 bridgehead atoms. The molecule has 0 saturated carbocycles. The number of pyridine rings is 1. The third-order valence-corrected chi connectivity index (χ3v) is 4.47. The monoisotopic (exact) mass is 396 g/mol. The second kappa shape index (κ2) is 8.68. The summed E-state index contributed by atoms with van der Waals surface area (Å²) in [5, 5.41) is 3.42. The van der Waals surface area contributed by atoms with E-state index in [0.29, 0.717) is 22.5 Å². The SMILES string of the molecule is COc1ccc2cc(C(=O)OC(C)C(=O)NCc3ccc(F)cc3)c(C)nc2c1. The Bertz CT molecular complexity index is 1050. The molecule has 0 fully saturated rings. The number of esters is 1. The zero-order chi connectivity index (χ0) is 21.0. The van der Waals surface area contributed by atoms with Gasteiger partial charge in [0.2, 0.25) is 0 Å². The lowest BCUT2D eigenvalue weighted by Gasteiger charge is -2.15. The van der Waals surface area contributed by atoms with Gasteiger partial charge in [-0.05, 0) is 49.7 Å². The number of methoxy groups -OCH3 is 1. The lowest BCUT2D eigenvalue weighted by Crippen LogP contribution is -2.35. The third kappa shape index (κ3) is 4.87. The van der Waals surface area contributed by atoms with Crippen LogP contribution in [0.4, 0.5) is 4.39 Å². The van der Waals surface area contributed by atoms with Gasteiger partial charge < -0.3 is 14.8 Å². The lowest BCUT2D eigenvalue weighted by atomic mass is 10.1. The van der Waals surface area contributed by atoms with E-state index in [-0.39, 0.29) is 12.4 Å². The molecule has 3 aromatic rings. The molecule has 2 aromatic carbocycles. The van der Waals surface area contributed by atoms with Gasteiger partial charge in [0.15, 0.2) is 6.10 Å². The topological polar surface area (TPSA) is 77.5 Å². The Hall–Kier alpha value is -3.48. The van der Waals surface area contributed by atoms with Gasteiger partial charge in [0.05, 0.1) is 23.9 Å². The van der Waals surface area contributed by atoms with E-state index in [2.05, 4.69) is 10.3 Å². The number of hydrogen-bond acceptors (Lipinski definition) is 5. The van der Waals surface area contributed by atoms with Crippen molar-refractivity contribution >= 4 is 22.8 Å². The molecule has 150 valence electrons. The van der Waals surface area contributed by atoms with Crippen LogP contribution in [0.5, 0.6) is 5.75 Å². The van der Waals surface area contributed by atoms with E-state index < -0.39 is 18.0 Å². The van der Waals surface area contributed by atoms with E-state index in [9.17, 15) is 14.0 Å². The van der Waals surface area contributed by atoms with Crippen LogP contribution in [0.3, 0.4) is 0 Å². The standard InChI is InChI=1S/C22H21FN2O4/c1-13-19(10-16-6-9-18(28-3)11-20(16)25-13)22(27)29-14(2)21(26)24-12-15-4-7-17(23)8-5-15/h4-11,14H,12H2,1-3H3,(H,24,26). The van der Waals surface area contributed by atoms with Crippen LogP contribution in [0.25, 0.3) is 10.9 Å². The van der Waals surface area contributed by atoms with Crippen LogP contribution in [-0.2, 0) is 16.1 Å². The molecular formula is C22H21FN2O4. The first-order chi connectivity index (χ1) is 13.9. The fourth-order valence-corrected chi connectivity index (χ4v) is 2.79. The number of aryl methyl sites for hydroxylation is 1. The molecule has 29 heavy (non-hydrogen) atoms. The predicted molar refractivity (Wildman–Crippen MR) is 106 cm³/mol. The van der Waals surface area contributed by atoms with Gasteiger partial charge in [-0.1, -0.05) is 12.1 Å². The molecule has 1 heterocycles. The number of benzene rings is 2. The number of carbonyl (C=O) groups excluding carboxylic acids is 2. The van der Waals surface area contributed by atoms with Crippen LogP contribution >= 0.6 is 0 Å². The molecule has 6 nitrogen and oxygen atoms in total. The first-order valence-corrected chi connectivity index (χ1v) is 9.06. The Kier molecular flexibility index (Phi) is 6.07. The van der Waals surface area contributed by atoms with Crippen LogP contribution in [-0.4, -0.2) is 30.1 Å².